The molecule has 7 heteroatoms. The van der Waals surface area contributed by atoms with E-state index in [1.54, 1.807) is 17.0 Å². The van der Waals surface area contributed by atoms with Gasteiger partial charge in [0.05, 0.1) is 21.7 Å². The molecule has 2 N–H and O–H groups in total. The molecule has 1 saturated heterocycles. The molecule has 0 unspecified atom stereocenters. The molecular weight excluding hydrogens is 335 g/mol. The van der Waals surface area contributed by atoms with Crippen molar-refractivity contribution in [3.05, 3.63) is 28.0 Å². The van der Waals surface area contributed by atoms with Gasteiger partial charge in [0, 0.05) is 19.6 Å². The van der Waals surface area contributed by atoms with Crippen molar-refractivity contribution in [2.75, 3.05) is 29.5 Å². The lowest BCUT2D eigenvalue weighted by Crippen LogP contribution is -2.27. The molecule has 1 aromatic carbocycles. The lowest BCUT2D eigenvalue weighted by Gasteiger charge is -2.23. The highest BCUT2D eigenvalue weighted by Gasteiger charge is 2.22. The molecule has 1 aromatic rings. The zero-order valence-corrected chi connectivity index (χ0v) is 12.8. The first-order chi connectivity index (χ1) is 8.94. The molecule has 0 amide bonds. The average Bonchev–Trinajstić information content (AvgIpc) is 2.54. The Morgan fingerprint density at radius 1 is 1.32 bits per heavy atom. The molecule has 0 atom stereocenters. The van der Waals surface area contributed by atoms with Crippen LogP contribution in [0.2, 0.25) is 0 Å². The van der Waals surface area contributed by atoms with Crippen LogP contribution in [0.5, 0.6) is 0 Å². The van der Waals surface area contributed by atoms with Gasteiger partial charge in [0.2, 0.25) is 0 Å². The molecule has 1 heterocycles. The topological polar surface area (TPSA) is 63.4 Å². The van der Waals surface area contributed by atoms with E-state index >= 15 is 0 Å². The second-order valence-corrected chi connectivity index (χ2v) is 7.66. The second-order valence-electron chi connectivity index (χ2n) is 4.57. The van der Waals surface area contributed by atoms with Crippen molar-refractivity contribution in [1.29, 1.82) is 0 Å². The van der Waals surface area contributed by atoms with Crippen LogP contribution in [0.15, 0.2) is 16.6 Å². The van der Waals surface area contributed by atoms with Gasteiger partial charge in [-0.25, -0.2) is 12.8 Å². The maximum absolute atomic E-state index is 14.3. The van der Waals surface area contributed by atoms with E-state index in [2.05, 4.69) is 15.9 Å². The van der Waals surface area contributed by atoms with Crippen molar-refractivity contribution < 1.29 is 12.8 Å². The Hall–Kier alpha value is -0.660. The van der Waals surface area contributed by atoms with Crippen molar-refractivity contribution in [3.8, 4) is 0 Å². The number of sulfone groups is 1. The molecule has 0 spiro atoms. The van der Waals surface area contributed by atoms with Crippen LogP contribution in [0.1, 0.15) is 12.0 Å². The van der Waals surface area contributed by atoms with Crippen molar-refractivity contribution >= 4 is 31.5 Å². The number of rotatable bonds is 2. The van der Waals surface area contributed by atoms with Crippen LogP contribution in [0, 0.1) is 5.82 Å². The van der Waals surface area contributed by atoms with E-state index < -0.39 is 9.84 Å². The van der Waals surface area contributed by atoms with Gasteiger partial charge in [-0.3, -0.25) is 0 Å². The van der Waals surface area contributed by atoms with Gasteiger partial charge in [-0.2, -0.15) is 0 Å². The first-order valence-electron chi connectivity index (χ1n) is 6.07. The number of nitrogens with zero attached hydrogens (tertiary/aromatic N) is 1. The summed E-state index contributed by atoms with van der Waals surface area (Å²) in [5.41, 5.74) is 6.65. The van der Waals surface area contributed by atoms with Crippen LogP contribution in [0.25, 0.3) is 0 Å². The number of hydrogen-bond donors (Lipinski definition) is 1. The Morgan fingerprint density at radius 2 is 2.05 bits per heavy atom. The third-order valence-electron chi connectivity index (χ3n) is 3.26. The summed E-state index contributed by atoms with van der Waals surface area (Å²) in [5.74, 6) is -0.127. The van der Waals surface area contributed by atoms with Crippen LogP contribution in [-0.2, 0) is 16.4 Å². The van der Waals surface area contributed by atoms with Crippen molar-refractivity contribution in [1.82, 2.24) is 0 Å². The highest BCUT2D eigenvalue weighted by Crippen LogP contribution is 2.30. The fourth-order valence-electron chi connectivity index (χ4n) is 2.16. The van der Waals surface area contributed by atoms with Crippen molar-refractivity contribution in [3.63, 3.8) is 0 Å². The number of halogens is 2. The molecule has 1 aliphatic heterocycles. The Labute approximate surface area is 120 Å². The quantitative estimate of drug-likeness (QED) is 0.881. The van der Waals surface area contributed by atoms with E-state index in [-0.39, 0.29) is 23.9 Å². The highest BCUT2D eigenvalue weighted by molar-refractivity contribution is 9.10. The Balaban J connectivity index is 2.30. The predicted octanol–water partition coefficient (Wildman–Crippen LogP) is 1.67. The Bertz CT molecular complexity index is 577. The van der Waals surface area contributed by atoms with Gasteiger partial charge < -0.3 is 10.6 Å². The van der Waals surface area contributed by atoms with E-state index in [4.69, 9.17) is 5.73 Å². The number of hydrogen-bond acceptors (Lipinski definition) is 4. The van der Waals surface area contributed by atoms with E-state index in [0.29, 0.717) is 35.2 Å². The first kappa shape index (κ1) is 14.7. The van der Waals surface area contributed by atoms with Crippen LogP contribution in [0.3, 0.4) is 0 Å². The minimum Gasteiger partial charge on any atom is -0.368 e. The van der Waals surface area contributed by atoms with E-state index in [1.807, 2.05) is 0 Å². The van der Waals surface area contributed by atoms with Crippen LogP contribution in [0.4, 0.5) is 10.1 Å². The number of nitrogens with two attached hydrogens (primary N) is 1. The summed E-state index contributed by atoms with van der Waals surface area (Å²) in [7, 11) is -2.99. The monoisotopic (exact) mass is 350 g/mol. The Kier molecular flexibility index (Phi) is 4.47. The van der Waals surface area contributed by atoms with Crippen LogP contribution >= 0.6 is 15.9 Å². The standard InChI is InChI=1S/C12H16BrFN2O2S/c13-11-9(8-15)2-3-10(12(11)14)16-4-1-6-19(17,18)7-5-16/h2-3H,1,4-8,15H2. The Morgan fingerprint density at radius 3 is 2.74 bits per heavy atom. The molecule has 19 heavy (non-hydrogen) atoms. The van der Waals surface area contributed by atoms with Gasteiger partial charge in [0.15, 0.2) is 15.7 Å². The SMILES string of the molecule is NCc1ccc(N2CCCS(=O)(=O)CC2)c(F)c1Br. The molecule has 1 fully saturated rings. The minimum atomic E-state index is -2.99. The predicted molar refractivity (Wildman–Crippen MR) is 77.5 cm³/mol. The fourth-order valence-corrected chi connectivity index (χ4v) is 3.93. The van der Waals surface area contributed by atoms with Gasteiger partial charge in [-0.15, -0.1) is 0 Å². The van der Waals surface area contributed by atoms with Crippen LogP contribution < -0.4 is 10.6 Å². The molecule has 0 radical (unpaired) electrons. The van der Waals surface area contributed by atoms with Gasteiger partial charge in [-0.05, 0) is 34.0 Å². The van der Waals surface area contributed by atoms with Gasteiger partial charge >= 0.3 is 0 Å². The van der Waals surface area contributed by atoms with E-state index in [9.17, 15) is 12.8 Å². The average molecular weight is 351 g/mol. The van der Waals surface area contributed by atoms with E-state index in [0.717, 1.165) is 0 Å². The molecule has 4 nitrogen and oxygen atoms in total. The third-order valence-corrected chi connectivity index (χ3v) is 5.83. The number of benzene rings is 1. The van der Waals surface area contributed by atoms with Crippen molar-refractivity contribution in [2.24, 2.45) is 5.73 Å². The maximum Gasteiger partial charge on any atom is 0.160 e. The molecule has 0 aliphatic carbocycles. The number of anilines is 1. The second kappa shape index (κ2) is 5.76. The summed E-state index contributed by atoms with van der Waals surface area (Å²) in [4.78, 5) is 1.78. The molecule has 0 aromatic heterocycles. The summed E-state index contributed by atoms with van der Waals surface area (Å²) in [5, 5.41) is 0. The fraction of sp³-hybridized carbons (Fsp3) is 0.500. The molecule has 0 bridgehead atoms. The van der Waals surface area contributed by atoms with E-state index in [1.165, 1.54) is 0 Å². The molecule has 2 rings (SSSR count). The van der Waals surface area contributed by atoms with Gasteiger partial charge in [0.25, 0.3) is 0 Å². The van der Waals surface area contributed by atoms with Gasteiger partial charge in [0.1, 0.15) is 0 Å². The molecule has 106 valence electrons. The first-order valence-corrected chi connectivity index (χ1v) is 8.68. The van der Waals surface area contributed by atoms with Gasteiger partial charge in [-0.1, -0.05) is 6.07 Å². The molecule has 0 saturated carbocycles. The summed E-state index contributed by atoms with van der Waals surface area (Å²) in [6.45, 7) is 1.13. The van der Waals surface area contributed by atoms with Crippen molar-refractivity contribution in [2.45, 2.75) is 13.0 Å². The molecular formula is C12H16BrFN2O2S. The smallest absolute Gasteiger partial charge is 0.160 e. The summed E-state index contributed by atoms with van der Waals surface area (Å²) >= 11 is 3.20. The lowest BCUT2D eigenvalue weighted by atomic mass is 10.1. The largest absolute Gasteiger partial charge is 0.368 e. The van der Waals surface area contributed by atoms with Crippen LogP contribution in [-0.4, -0.2) is 33.0 Å². The summed E-state index contributed by atoms with van der Waals surface area (Å²) in [6.07, 6.45) is 0.526. The summed E-state index contributed by atoms with van der Waals surface area (Å²) in [6, 6.07) is 3.43. The third kappa shape index (κ3) is 3.27. The minimum absolute atomic E-state index is 0.0721. The lowest BCUT2D eigenvalue weighted by molar-refractivity contribution is 0.596. The zero-order valence-electron chi connectivity index (χ0n) is 10.4. The zero-order chi connectivity index (χ0) is 14.0. The normalized spacial score (nSPS) is 19.2. The highest BCUT2D eigenvalue weighted by atomic mass is 79.9. The maximum atomic E-state index is 14.3. The summed E-state index contributed by atoms with van der Waals surface area (Å²) < 4.78 is 37.7. The molecule has 1 aliphatic rings.